The molecule has 6 heteroatoms. The Hall–Kier alpha value is -2.21. The number of fused-ring (bicyclic) bond motifs is 1. The maximum Gasteiger partial charge on any atom is 0.360 e. The van der Waals surface area contributed by atoms with E-state index in [1.807, 2.05) is 0 Å². The lowest BCUT2D eigenvalue weighted by molar-refractivity contribution is 0.0593. The Balaban J connectivity index is 1.56. The number of hydrogen-bond acceptors (Lipinski definition) is 5. The number of aryl methyl sites for hydroxylation is 1. The fourth-order valence-corrected chi connectivity index (χ4v) is 3.49. The minimum absolute atomic E-state index is 0.259. The van der Waals surface area contributed by atoms with Crippen LogP contribution in [0, 0.1) is 0 Å². The summed E-state index contributed by atoms with van der Waals surface area (Å²) in [6.07, 6.45) is 6.42. The van der Waals surface area contributed by atoms with Gasteiger partial charge >= 0.3 is 5.97 Å². The van der Waals surface area contributed by atoms with Gasteiger partial charge in [0, 0.05) is 12.1 Å². The van der Waals surface area contributed by atoms with Gasteiger partial charge in [0.05, 0.1) is 20.0 Å². The monoisotopic (exact) mass is 312 g/mol. The third-order valence-corrected chi connectivity index (χ3v) is 4.76. The van der Waals surface area contributed by atoms with E-state index in [0.717, 1.165) is 12.8 Å². The van der Waals surface area contributed by atoms with E-state index < -0.39 is 5.97 Å². The predicted molar refractivity (Wildman–Crippen MR) is 83.7 cm³/mol. The van der Waals surface area contributed by atoms with Crippen LogP contribution < -0.4 is 0 Å². The van der Waals surface area contributed by atoms with Crippen LogP contribution in [0.25, 0.3) is 0 Å². The first kappa shape index (κ1) is 14.4. The number of ether oxygens (including phenoxy) is 1. The fraction of sp³-hybridized carbons (Fsp3) is 0.471. The van der Waals surface area contributed by atoms with E-state index in [1.165, 1.54) is 31.1 Å². The SMILES string of the molecule is COC(=O)c1cn(CN(C2CC2)[C@H]2CCc3ccccc32)nn1. The molecule has 1 aromatic carbocycles. The van der Waals surface area contributed by atoms with Crippen LogP contribution in [0.1, 0.15) is 46.9 Å². The van der Waals surface area contributed by atoms with Crippen molar-refractivity contribution in [1.29, 1.82) is 0 Å². The van der Waals surface area contributed by atoms with E-state index in [9.17, 15) is 4.79 Å². The number of methoxy groups -OCH3 is 1. The van der Waals surface area contributed by atoms with Gasteiger partial charge in [-0.1, -0.05) is 29.5 Å². The second kappa shape index (κ2) is 5.77. The minimum Gasteiger partial charge on any atom is -0.464 e. The molecule has 120 valence electrons. The summed E-state index contributed by atoms with van der Waals surface area (Å²) >= 11 is 0. The number of rotatable bonds is 5. The van der Waals surface area contributed by atoms with Crippen molar-refractivity contribution in [3.05, 3.63) is 47.3 Å². The van der Waals surface area contributed by atoms with Crippen molar-refractivity contribution in [3.63, 3.8) is 0 Å². The van der Waals surface area contributed by atoms with Crippen LogP contribution in [0.15, 0.2) is 30.5 Å². The zero-order valence-corrected chi connectivity index (χ0v) is 13.2. The summed E-state index contributed by atoms with van der Waals surface area (Å²) in [6, 6.07) is 9.74. The summed E-state index contributed by atoms with van der Waals surface area (Å²) in [5.41, 5.74) is 3.15. The Morgan fingerprint density at radius 3 is 2.96 bits per heavy atom. The molecule has 2 aliphatic carbocycles. The average molecular weight is 312 g/mol. The molecule has 1 fully saturated rings. The number of carbonyl (C=O) groups is 1. The van der Waals surface area contributed by atoms with Gasteiger partial charge in [-0.3, -0.25) is 4.90 Å². The Morgan fingerprint density at radius 1 is 1.35 bits per heavy atom. The van der Waals surface area contributed by atoms with Gasteiger partial charge in [-0.05, 0) is 36.8 Å². The Kier molecular flexibility index (Phi) is 3.61. The average Bonchev–Trinajstić information content (AvgIpc) is 3.17. The summed E-state index contributed by atoms with van der Waals surface area (Å²) in [5, 5.41) is 7.99. The molecule has 1 saturated carbocycles. The zero-order chi connectivity index (χ0) is 15.8. The maximum atomic E-state index is 11.5. The summed E-state index contributed by atoms with van der Waals surface area (Å²) in [5.74, 6) is -0.444. The maximum absolute atomic E-state index is 11.5. The Morgan fingerprint density at radius 2 is 2.17 bits per heavy atom. The second-order valence-electron chi connectivity index (χ2n) is 6.27. The van der Waals surface area contributed by atoms with E-state index in [1.54, 1.807) is 10.9 Å². The van der Waals surface area contributed by atoms with Crippen LogP contribution in [-0.2, 0) is 17.8 Å². The Bertz CT molecular complexity index is 723. The molecule has 6 nitrogen and oxygen atoms in total. The molecule has 0 spiro atoms. The lowest BCUT2D eigenvalue weighted by Crippen LogP contribution is -2.32. The van der Waals surface area contributed by atoms with Crippen molar-refractivity contribution in [2.75, 3.05) is 7.11 Å². The van der Waals surface area contributed by atoms with E-state index in [-0.39, 0.29) is 5.69 Å². The summed E-state index contributed by atoms with van der Waals surface area (Å²) in [4.78, 5) is 14.0. The lowest BCUT2D eigenvalue weighted by atomic mass is 10.1. The predicted octanol–water partition coefficient (Wildman–Crippen LogP) is 2.17. The highest BCUT2D eigenvalue weighted by atomic mass is 16.5. The molecule has 0 bridgehead atoms. The highest BCUT2D eigenvalue weighted by molar-refractivity contribution is 5.86. The van der Waals surface area contributed by atoms with Crippen molar-refractivity contribution in [3.8, 4) is 0 Å². The van der Waals surface area contributed by atoms with Crippen LogP contribution in [-0.4, -0.2) is 39.0 Å². The van der Waals surface area contributed by atoms with Gasteiger partial charge in [-0.2, -0.15) is 0 Å². The normalized spacial score (nSPS) is 19.8. The Labute approximate surface area is 135 Å². The third-order valence-electron chi connectivity index (χ3n) is 4.76. The van der Waals surface area contributed by atoms with Crippen molar-refractivity contribution < 1.29 is 9.53 Å². The molecule has 23 heavy (non-hydrogen) atoms. The van der Waals surface area contributed by atoms with Crippen molar-refractivity contribution in [2.45, 2.75) is 44.4 Å². The highest BCUT2D eigenvalue weighted by Crippen LogP contribution is 2.41. The van der Waals surface area contributed by atoms with Crippen LogP contribution in [0.2, 0.25) is 0 Å². The van der Waals surface area contributed by atoms with E-state index >= 15 is 0 Å². The number of nitrogens with zero attached hydrogens (tertiary/aromatic N) is 4. The van der Waals surface area contributed by atoms with Crippen LogP contribution in [0.4, 0.5) is 0 Å². The van der Waals surface area contributed by atoms with Gasteiger partial charge in [-0.15, -0.1) is 5.10 Å². The van der Waals surface area contributed by atoms with Crippen molar-refractivity contribution >= 4 is 5.97 Å². The molecule has 1 heterocycles. The lowest BCUT2D eigenvalue weighted by Gasteiger charge is -2.29. The first-order chi connectivity index (χ1) is 11.3. The summed E-state index contributed by atoms with van der Waals surface area (Å²) in [7, 11) is 1.35. The number of esters is 1. The van der Waals surface area contributed by atoms with Gasteiger partial charge in [-0.25, -0.2) is 9.48 Å². The van der Waals surface area contributed by atoms with E-state index in [2.05, 4.69) is 39.5 Å². The van der Waals surface area contributed by atoms with E-state index in [0.29, 0.717) is 18.8 Å². The zero-order valence-electron chi connectivity index (χ0n) is 13.2. The molecule has 0 radical (unpaired) electrons. The number of hydrogen-bond donors (Lipinski definition) is 0. The van der Waals surface area contributed by atoms with Crippen molar-refractivity contribution in [2.24, 2.45) is 0 Å². The molecule has 0 N–H and O–H groups in total. The highest BCUT2D eigenvalue weighted by Gasteiger charge is 2.37. The molecular weight excluding hydrogens is 292 g/mol. The van der Waals surface area contributed by atoms with Gasteiger partial charge in [0.1, 0.15) is 0 Å². The number of carbonyl (C=O) groups excluding carboxylic acids is 1. The smallest absolute Gasteiger partial charge is 0.360 e. The fourth-order valence-electron chi connectivity index (χ4n) is 3.49. The quantitative estimate of drug-likeness (QED) is 0.792. The minimum atomic E-state index is -0.444. The molecule has 4 rings (SSSR count). The molecule has 0 unspecified atom stereocenters. The van der Waals surface area contributed by atoms with Gasteiger partial charge < -0.3 is 4.74 Å². The molecule has 2 aliphatic rings. The van der Waals surface area contributed by atoms with Crippen molar-refractivity contribution in [1.82, 2.24) is 19.9 Å². The molecule has 1 atom stereocenters. The number of benzene rings is 1. The molecule has 0 saturated heterocycles. The number of aromatic nitrogens is 3. The first-order valence-electron chi connectivity index (χ1n) is 8.08. The third kappa shape index (κ3) is 2.74. The molecule has 1 aromatic heterocycles. The molecular formula is C17H20N4O2. The topological polar surface area (TPSA) is 60.2 Å². The standard InChI is InChI=1S/C17H20N4O2/c1-23-17(22)15-10-20(19-18-15)11-21(13-7-8-13)16-9-6-12-4-2-3-5-14(12)16/h2-5,10,13,16H,6-9,11H2,1H3/t16-/m0/s1. The van der Waals surface area contributed by atoms with Gasteiger partial charge in [0.15, 0.2) is 5.69 Å². The molecule has 2 aromatic rings. The first-order valence-corrected chi connectivity index (χ1v) is 8.08. The summed E-state index contributed by atoms with van der Waals surface area (Å²) in [6.45, 7) is 0.660. The molecule has 0 amide bonds. The van der Waals surface area contributed by atoms with Crippen LogP contribution in [0.5, 0.6) is 0 Å². The van der Waals surface area contributed by atoms with Crippen LogP contribution in [0.3, 0.4) is 0 Å². The summed E-state index contributed by atoms with van der Waals surface area (Å²) < 4.78 is 6.43. The second-order valence-corrected chi connectivity index (χ2v) is 6.27. The van der Waals surface area contributed by atoms with Gasteiger partial charge in [0.2, 0.25) is 0 Å². The van der Waals surface area contributed by atoms with E-state index in [4.69, 9.17) is 4.74 Å². The van der Waals surface area contributed by atoms with Crippen LogP contribution >= 0.6 is 0 Å². The van der Waals surface area contributed by atoms with Gasteiger partial charge in [0.25, 0.3) is 0 Å². The molecule has 0 aliphatic heterocycles. The largest absolute Gasteiger partial charge is 0.464 e.